The van der Waals surface area contributed by atoms with Crippen molar-refractivity contribution in [1.29, 1.82) is 0 Å². The minimum absolute atomic E-state index is 0.000122. The van der Waals surface area contributed by atoms with Crippen molar-refractivity contribution in [3.05, 3.63) is 47.7 Å². The average Bonchev–Trinajstić information content (AvgIpc) is 3.78. The minimum Gasteiger partial charge on any atom is -0.497 e. The Bertz CT molecular complexity index is 1170. The zero-order valence-corrected chi connectivity index (χ0v) is 23.4. The number of ether oxygens (including phenoxy) is 3. The van der Waals surface area contributed by atoms with Gasteiger partial charge < -0.3 is 19.3 Å². The number of carboxylic acid groups (broad SMARTS) is 1. The average molecular weight is 577 g/mol. The molecule has 0 radical (unpaired) electrons. The predicted molar refractivity (Wildman–Crippen MR) is 147 cm³/mol. The molecule has 2 saturated carbocycles. The molecule has 1 aromatic heterocycles. The Morgan fingerprint density at radius 1 is 1.00 bits per heavy atom. The van der Waals surface area contributed by atoms with Crippen LogP contribution in [-0.2, 0) is 4.79 Å². The summed E-state index contributed by atoms with van der Waals surface area (Å²) in [5.41, 5.74) is 2.01. The molecule has 3 fully saturated rings. The quantitative estimate of drug-likeness (QED) is 0.324. The second-order valence-electron chi connectivity index (χ2n) is 11.7. The maximum absolute atomic E-state index is 12.8. The number of benzene rings is 1. The molecule has 2 aliphatic carbocycles. The van der Waals surface area contributed by atoms with Crippen LogP contribution in [0.5, 0.6) is 17.4 Å². The zero-order chi connectivity index (χ0) is 29.0. The molecule has 3 aliphatic rings. The van der Waals surface area contributed by atoms with Gasteiger partial charge in [0.1, 0.15) is 17.6 Å². The molecule has 0 spiro atoms. The Morgan fingerprint density at radius 3 is 2.29 bits per heavy atom. The first kappa shape index (κ1) is 29.5. The third-order valence-corrected chi connectivity index (χ3v) is 8.63. The van der Waals surface area contributed by atoms with Crippen LogP contribution in [0.1, 0.15) is 80.8 Å². The van der Waals surface area contributed by atoms with E-state index in [0.717, 1.165) is 55.4 Å². The van der Waals surface area contributed by atoms with Crippen LogP contribution >= 0.6 is 0 Å². The van der Waals surface area contributed by atoms with Gasteiger partial charge in [0.2, 0.25) is 5.88 Å². The van der Waals surface area contributed by atoms with Gasteiger partial charge in [-0.3, -0.25) is 9.69 Å². The number of alkyl halides is 3. The Balaban J connectivity index is 1.17. The first-order valence-electron chi connectivity index (χ1n) is 14.6. The Hall–Kier alpha value is -3.01. The third kappa shape index (κ3) is 8.27. The molecule has 2 heterocycles. The van der Waals surface area contributed by atoms with Gasteiger partial charge in [0.25, 0.3) is 0 Å². The number of rotatable bonds is 11. The number of piperidine rings is 1. The normalized spacial score (nSPS) is 23.1. The van der Waals surface area contributed by atoms with Crippen LogP contribution < -0.4 is 14.2 Å². The summed E-state index contributed by atoms with van der Waals surface area (Å²) in [4.78, 5) is 17.2. The predicted octanol–water partition coefficient (Wildman–Crippen LogP) is 6.57. The first-order chi connectivity index (χ1) is 19.7. The number of aromatic nitrogens is 1. The van der Waals surface area contributed by atoms with Crippen molar-refractivity contribution in [1.82, 2.24) is 9.88 Å². The van der Waals surface area contributed by atoms with Gasteiger partial charge in [0.15, 0.2) is 0 Å². The standard InChI is InChI=1S/C31H39F3N2O5/c1-39-25-8-9-26(21-11-14-36(15-12-21)19-31(32,33)34)28(17-25)40-23-4-6-24(7-5-23)41-29-16-22(10-13-35-29)27(18-30(37)38)20-2-3-20/h8-10,13,16-17,20-21,23-24,27H,2-7,11-12,14-15,18-19H2,1H3,(H,37,38). The lowest BCUT2D eigenvalue weighted by Gasteiger charge is -2.34. The van der Waals surface area contributed by atoms with Gasteiger partial charge in [-0.1, -0.05) is 6.07 Å². The number of likely N-dealkylation sites (tertiary alicyclic amines) is 1. The third-order valence-electron chi connectivity index (χ3n) is 8.63. The molecule has 1 unspecified atom stereocenters. The van der Waals surface area contributed by atoms with E-state index in [2.05, 4.69) is 4.98 Å². The number of carbonyl (C=O) groups is 1. The van der Waals surface area contributed by atoms with Crippen molar-refractivity contribution in [2.45, 2.75) is 88.0 Å². The molecule has 0 amide bonds. The first-order valence-corrected chi connectivity index (χ1v) is 14.6. The highest BCUT2D eigenvalue weighted by atomic mass is 19.4. The van der Waals surface area contributed by atoms with Crippen molar-refractivity contribution in [3.8, 4) is 17.4 Å². The summed E-state index contributed by atoms with van der Waals surface area (Å²) in [5.74, 6) is 1.74. The number of hydrogen-bond donors (Lipinski definition) is 1. The fourth-order valence-electron chi connectivity index (χ4n) is 6.32. The van der Waals surface area contributed by atoms with Crippen molar-refractivity contribution in [2.24, 2.45) is 5.92 Å². The van der Waals surface area contributed by atoms with Crippen LogP contribution in [0.3, 0.4) is 0 Å². The van der Waals surface area contributed by atoms with Crippen molar-refractivity contribution >= 4 is 5.97 Å². The molecular weight excluding hydrogens is 537 g/mol. The monoisotopic (exact) mass is 576 g/mol. The minimum atomic E-state index is -4.18. The number of hydrogen-bond acceptors (Lipinski definition) is 6. The van der Waals surface area contributed by atoms with Gasteiger partial charge in [-0.2, -0.15) is 13.2 Å². The number of aliphatic carboxylic acids is 1. The number of pyridine rings is 1. The number of nitrogens with zero attached hydrogens (tertiary/aromatic N) is 2. The smallest absolute Gasteiger partial charge is 0.401 e. The molecule has 0 bridgehead atoms. The molecule has 1 saturated heterocycles. The van der Waals surface area contributed by atoms with Crippen LogP contribution in [0, 0.1) is 5.92 Å². The maximum atomic E-state index is 12.8. The number of methoxy groups -OCH3 is 1. The largest absolute Gasteiger partial charge is 0.497 e. The van der Waals surface area contributed by atoms with Gasteiger partial charge in [-0.15, -0.1) is 0 Å². The summed E-state index contributed by atoms with van der Waals surface area (Å²) in [6.07, 6.45) is 4.27. The van der Waals surface area contributed by atoms with E-state index in [1.54, 1.807) is 13.3 Å². The van der Waals surface area contributed by atoms with E-state index in [9.17, 15) is 23.1 Å². The van der Waals surface area contributed by atoms with E-state index in [4.69, 9.17) is 14.2 Å². The van der Waals surface area contributed by atoms with Gasteiger partial charge in [0.05, 0.1) is 26.2 Å². The summed E-state index contributed by atoms with van der Waals surface area (Å²) in [7, 11) is 1.61. The van der Waals surface area contributed by atoms with Gasteiger partial charge in [0, 0.05) is 18.3 Å². The molecular formula is C31H39F3N2O5. The molecule has 5 rings (SSSR count). The van der Waals surface area contributed by atoms with Crippen LogP contribution in [0.2, 0.25) is 0 Å². The number of halogens is 3. The lowest BCUT2D eigenvalue weighted by Crippen LogP contribution is -2.39. The Morgan fingerprint density at radius 2 is 1.68 bits per heavy atom. The lowest BCUT2D eigenvalue weighted by atomic mass is 9.88. The van der Waals surface area contributed by atoms with E-state index in [0.29, 0.717) is 43.5 Å². The van der Waals surface area contributed by atoms with Crippen LogP contribution in [0.15, 0.2) is 36.5 Å². The van der Waals surface area contributed by atoms with Crippen molar-refractivity contribution in [3.63, 3.8) is 0 Å². The SMILES string of the molecule is COc1ccc(C2CCN(CC(F)(F)F)CC2)c(OC2CCC(Oc3cc(C(CC(=O)O)C4CC4)ccn3)CC2)c1. The topological polar surface area (TPSA) is 81.1 Å². The Kier molecular flexibility index (Phi) is 9.26. The van der Waals surface area contributed by atoms with Crippen LogP contribution in [0.25, 0.3) is 0 Å². The van der Waals surface area contributed by atoms with Crippen molar-refractivity contribution in [2.75, 3.05) is 26.7 Å². The summed E-state index contributed by atoms with van der Waals surface area (Å²) >= 11 is 0. The molecule has 7 nitrogen and oxygen atoms in total. The van der Waals surface area contributed by atoms with Gasteiger partial charge >= 0.3 is 12.1 Å². The molecule has 2 aromatic rings. The summed E-state index contributed by atoms with van der Waals surface area (Å²) in [6.45, 7) is -0.0453. The van der Waals surface area contributed by atoms with Gasteiger partial charge in [-0.25, -0.2) is 4.98 Å². The summed E-state index contributed by atoms with van der Waals surface area (Å²) < 4.78 is 56.7. The molecule has 1 aliphatic heterocycles. The van der Waals surface area contributed by atoms with E-state index in [1.807, 2.05) is 30.3 Å². The van der Waals surface area contributed by atoms with Crippen molar-refractivity contribution < 1.29 is 37.3 Å². The molecule has 41 heavy (non-hydrogen) atoms. The summed E-state index contributed by atoms with van der Waals surface area (Å²) in [6, 6.07) is 9.57. The fourth-order valence-corrected chi connectivity index (χ4v) is 6.32. The maximum Gasteiger partial charge on any atom is 0.401 e. The highest BCUT2D eigenvalue weighted by Crippen LogP contribution is 2.45. The fraction of sp³-hybridized carbons (Fsp3) is 0.613. The van der Waals surface area contributed by atoms with Gasteiger partial charge in [-0.05, 0) is 105 Å². The lowest BCUT2D eigenvalue weighted by molar-refractivity contribution is -0.148. The molecule has 1 N–H and O–H groups in total. The van der Waals surface area contributed by atoms with E-state index < -0.39 is 18.7 Å². The van der Waals surface area contributed by atoms with Crippen LogP contribution in [0.4, 0.5) is 13.2 Å². The molecule has 1 aromatic carbocycles. The molecule has 10 heteroatoms. The van der Waals surface area contributed by atoms with Crippen LogP contribution in [-0.4, -0.2) is 66.1 Å². The summed E-state index contributed by atoms with van der Waals surface area (Å²) in [5, 5.41) is 9.35. The van der Waals surface area contributed by atoms with E-state index >= 15 is 0 Å². The second-order valence-corrected chi connectivity index (χ2v) is 11.7. The molecule has 1 atom stereocenters. The number of carboxylic acids is 1. The highest BCUT2D eigenvalue weighted by Gasteiger charge is 2.35. The zero-order valence-electron chi connectivity index (χ0n) is 23.4. The molecule has 224 valence electrons. The highest BCUT2D eigenvalue weighted by molar-refractivity contribution is 5.68. The van der Waals surface area contributed by atoms with E-state index in [1.165, 1.54) is 4.90 Å². The Labute approximate surface area is 239 Å². The second kappa shape index (κ2) is 12.9. The van der Waals surface area contributed by atoms with E-state index in [-0.39, 0.29) is 30.5 Å².